The Labute approximate surface area is 120 Å². The van der Waals surface area contributed by atoms with E-state index < -0.39 is 0 Å². The van der Waals surface area contributed by atoms with Gasteiger partial charge < -0.3 is 15.2 Å². The maximum absolute atomic E-state index is 5.95. The molecule has 0 heterocycles. The van der Waals surface area contributed by atoms with Crippen molar-refractivity contribution in [1.82, 2.24) is 0 Å². The van der Waals surface area contributed by atoms with Crippen molar-refractivity contribution in [2.45, 2.75) is 12.3 Å². The van der Waals surface area contributed by atoms with E-state index in [9.17, 15) is 0 Å². The molecule has 0 aromatic heterocycles. The van der Waals surface area contributed by atoms with Crippen LogP contribution < -0.4 is 15.2 Å². The first-order valence-electron chi connectivity index (χ1n) is 6.74. The average Bonchev–Trinajstić information content (AvgIpc) is 2.53. The van der Waals surface area contributed by atoms with Crippen molar-refractivity contribution in [3.63, 3.8) is 0 Å². The Morgan fingerprint density at radius 1 is 1.00 bits per heavy atom. The van der Waals surface area contributed by atoms with Crippen LogP contribution in [0.3, 0.4) is 0 Å². The molecule has 3 heteroatoms. The van der Waals surface area contributed by atoms with Crippen LogP contribution in [-0.2, 0) is 6.42 Å². The third kappa shape index (κ3) is 3.31. The molecule has 20 heavy (non-hydrogen) atoms. The van der Waals surface area contributed by atoms with Gasteiger partial charge in [0.25, 0.3) is 0 Å². The lowest BCUT2D eigenvalue weighted by molar-refractivity contribution is 0.407. The number of rotatable bonds is 6. The zero-order chi connectivity index (χ0) is 14.4. The summed E-state index contributed by atoms with van der Waals surface area (Å²) < 4.78 is 10.7. The molecule has 0 saturated carbocycles. The SMILES string of the molecule is COc1cccc(C(CN)Cc2ccccc2OC)c1. The number of benzene rings is 2. The van der Waals surface area contributed by atoms with E-state index in [1.807, 2.05) is 36.4 Å². The molecule has 2 N–H and O–H groups in total. The summed E-state index contributed by atoms with van der Waals surface area (Å²) in [5.41, 5.74) is 8.32. The normalized spacial score (nSPS) is 11.9. The maximum atomic E-state index is 5.95. The van der Waals surface area contributed by atoms with Gasteiger partial charge in [0.2, 0.25) is 0 Å². The zero-order valence-corrected chi connectivity index (χ0v) is 12.0. The lowest BCUT2D eigenvalue weighted by Crippen LogP contribution is -2.15. The molecule has 0 amide bonds. The van der Waals surface area contributed by atoms with Crippen molar-refractivity contribution in [3.05, 3.63) is 59.7 Å². The summed E-state index contributed by atoms with van der Waals surface area (Å²) in [4.78, 5) is 0. The highest BCUT2D eigenvalue weighted by atomic mass is 16.5. The Balaban J connectivity index is 2.24. The van der Waals surface area contributed by atoms with E-state index >= 15 is 0 Å². The first-order valence-corrected chi connectivity index (χ1v) is 6.74. The first-order chi connectivity index (χ1) is 9.78. The first kappa shape index (κ1) is 14.4. The molecule has 0 spiro atoms. The van der Waals surface area contributed by atoms with Crippen molar-refractivity contribution < 1.29 is 9.47 Å². The van der Waals surface area contributed by atoms with Crippen LogP contribution in [0.4, 0.5) is 0 Å². The smallest absolute Gasteiger partial charge is 0.122 e. The van der Waals surface area contributed by atoms with Crippen molar-refractivity contribution >= 4 is 0 Å². The Hall–Kier alpha value is -2.00. The summed E-state index contributed by atoms with van der Waals surface area (Å²) in [5, 5.41) is 0. The van der Waals surface area contributed by atoms with Crippen molar-refractivity contribution in [2.75, 3.05) is 20.8 Å². The van der Waals surface area contributed by atoms with Gasteiger partial charge in [-0.2, -0.15) is 0 Å². The van der Waals surface area contributed by atoms with E-state index in [0.29, 0.717) is 6.54 Å². The van der Waals surface area contributed by atoms with Gasteiger partial charge in [-0.25, -0.2) is 0 Å². The van der Waals surface area contributed by atoms with Crippen LogP contribution in [0.2, 0.25) is 0 Å². The molecule has 0 radical (unpaired) electrons. The van der Waals surface area contributed by atoms with E-state index in [1.165, 1.54) is 11.1 Å². The lowest BCUT2D eigenvalue weighted by Gasteiger charge is -2.17. The summed E-state index contributed by atoms with van der Waals surface area (Å²) in [6.45, 7) is 0.589. The van der Waals surface area contributed by atoms with Gasteiger partial charge >= 0.3 is 0 Å². The van der Waals surface area contributed by atoms with E-state index in [4.69, 9.17) is 15.2 Å². The van der Waals surface area contributed by atoms with Crippen LogP contribution in [0, 0.1) is 0 Å². The molecule has 106 valence electrons. The number of ether oxygens (including phenoxy) is 2. The lowest BCUT2D eigenvalue weighted by atomic mass is 9.91. The maximum Gasteiger partial charge on any atom is 0.122 e. The molecule has 1 unspecified atom stereocenters. The second kappa shape index (κ2) is 6.96. The number of hydrogen-bond donors (Lipinski definition) is 1. The van der Waals surface area contributed by atoms with Crippen LogP contribution in [-0.4, -0.2) is 20.8 Å². The third-order valence-electron chi connectivity index (χ3n) is 3.51. The topological polar surface area (TPSA) is 44.5 Å². The molecule has 0 fully saturated rings. The minimum absolute atomic E-state index is 0.251. The summed E-state index contributed by atoms with van der Waals surface area (Å²) in [5.74, 6) is 2.02. The minimum atomic E-state index is 0.251. The number of methoxy groups -OCH3 is 2. The van der Waals surface area contributed by atoms with E-state index in [1.54, 1.807) is 14.2 Å². The second-order valence-corrected chi connectivity index (χ2v) is 4.73. The fourth-order valence-corrected chi connectivity index (χ4v) is 2.37. The summed E-state index contributed by atoms with van der Waals surface area (Å²) >= 11 is 0. The van der Waals surface area contributed by atoms with Crippen LogP contribution in [0.25, 0.3) is 0 Å². The molecule has 1 atom stereocenters. The molecule has 2 aromatic carbocycles. The molecule has 0 aliphatic rings. The molecule has 0 bridgehead atoms. The van der Waals surface area contributed by atoms with Crippen molar-refractivity contribution in [3.8, 4) is 11.5 Å². The fourth-order valence-electron chi connectivity index (χ4n) is 2.37. The number of hydrogen-bond acceptors (Lipinski definition) is 3. The highest BCUT2D eigenvalue weighted by Gasteiger charge is 2.14. The molecular formula is C17H21NO2. The summed E-state index contributed by atoms with van der Waals surface area (Å²) in [6, 6.07) is 16.2. The van der Waals surface area contributed by atoms with Gasteiger partial charge in [0.05, 0.1) is 14.2 Å². The number of nitrogens with two attached hydrogens (primary N) is 1. The van der Waals surface area contributed by atoms with E-state index in [-0.39, 0.29) is 5.92 Å². The Kier molecular flexibility index (Phi) is 5.02. The van der Waals surface area contributed by atoms with Gasteiger partial charge in [-0.05, 0) is 42.3 Å². The number of para-hydroxylation sites is 1. The minimum Gasteiger partial charge on any atom is -0.497 e. The monoisotopic (exact) mass is 271 g/mol. The Bertz CT molecular complexity index is 554. The predicted molar refractivity (Wildman–Crippen MR) is 81.5 cm³/mol. The van der Waals surface area contributed by atoms with Crippen LogP contribution in [0.15, 0.2) is 48.5 Å². The van der Waals surface area contributed by atoms with Gasteiger partial charge in [0.1, 0.15) is 11.5 Å². The van der Waals surface area contributed by atoms with Gasteiger partial charge in [0.15, 0.2) is 0 Å². The molecule has 2 rings (SSSR count). The summed E-state index contributed by atoms with van der Waals surface area (Å²) in [6.07, 6.45) is 0.855. The third-order valence-corrected chi connectivity index (χ3v) is 3.51. The molecular weight excluding hydrogens is 250 g/mol. The van der Waals surface area contributed by atoms with Crippen LogP contribution in [0.5, 0.6) is 11.5 Å². The van der Waals surface area contributed by atoms with Crippen molar-refractivity contribution in [2.24, 2.45) is 5.73 Å². The van der Waals surface area contributed by atoms with Crippen LogP contribution >= 0.6 is 0 Å². The molecule has 0 aliphatic carbocycles. The van der Waals surface area contributed by atoms with Gasteiger partial charge in [-0.3, -0.25) is 0 Å². The quantitative estimate of drug-likeness (QED) is 0.878. The fraction of sp³-hybridized carbons (Fsp3) is 0.294. The summed E-state index contributed by atoms with van der Waals surface area (Å²) in [7, 11) is 3.37. The van der Waals surface area contributed by atoms with Gasteiger partial charge in [-0.1, -0.05) is 30.3 Å². The zero-order valence-electron chi connectivity index (χ0n) is 12.0. The molecule has 2 aromatic rings. The molecule has 3 nitrogen and oxygen atoms in total. The molecule has 0 aliphatic heterocycles. The van der Waals surface area contributed by atoms with Gasteiger partial charge in [-0.15, -0.1) is 0 Å². The Morgan fingerprint density at radius 2 is 1.80 bits per heavy atom. The largest absolute Gasteiger partial charge is 0.497 e. The highest BCUT2D eigenvalue weighted by Crippen LogP contribution is 2.27. The van der Waals surface area contributed by atoms with E-state index in [2.05, 4.69) is 12.1 Å². The van der Waals surface area contributed by atoms with Gasteiger partial charge in [0, 0.05) is 5.92 Å². The standard InChI is InChI=1S/C17H21NO2/c1-19-16-8-5-7-13(11-16)15(12-18)10-14-6-3-4-9-17(14)20-2/h3-9,11,15H,10,12,18H2,1-2H3. The van der Waals surface area contributed by atoms with E-state index in [0.717, 1.165) is 17.9 Å². The Morgan fingerprint density at radius 3 is 2.50 bits per heavy atom. The average molecular weight is 271 g/mol. The van der Waals surface area contributed by atoms with Crippen molar-refractivity contribution in [1.29, 1.82) is 0 Å². The second-order valence-electron chi connectivity index (χ2n) is 4.73. The molecule has 0 saturated heterocycles. The predicted octanol–water partition coefficient (Wildman–Crippen LogP) is 2.99. The highest BCUT2D eigenvalue weighted by molar-refractivity contribution is 5.37. The van der Waals surface area contributed by atoms with Crippen LogP contribution in [0.1, 0.15) is 17.0 Å².